The van der Waals surface area contributed by atoms with Crippen molar-refractivity contribution >= 4 is 0 Å². The van der Waals surface area contributed by atoms with Gasteiger partial charge in [0.25, 0.3) is 0 Å². The highest BCUT2D eigenvalue weighted by Gasteiger charge is 2.23. The maximum Gasteiger partial charge on any atom is 0.0108 e. The third-order valence-electron chi connectivity index (χ3n) is 3.41. The van der Waals surface area contributed by atoms with Gasteiger partial charge in [0.15, 0.2) is 0 Å². The third kappa shape index (κ3) is 4.98. The van der Waals surface area contributed by atoms with Crippen LogP contribution in [-0.2, 0) is 0 Å². The fourth-order valence-electron chi connectivity index (χ4n) is 2.39. The van der Waals surface area contributed by atoms with Crippen LogP contribution in [0.15, 0.2) is 0 Å². The van der Waals surface area contributed by atoms with Gasteiger partial charge in [0, 0.05) is 19.1 Å². The van der Waals surface area contributed by atoms with Gasteiger partial charge in [-0.2, -0.15) is 0 Å². The smallest absolute Gasteiger partial charge is 0.0108 e. The molecule has 0 unspecified atom stereocenters. The van der Waals surface area contributed by atoms with Crippen LogP contribution in [0.5, 0.6) is 0 Å². The van der Waals surface area contributed by atoms with Crippen LogP contribution in [0.25, 0.3) is 0 Å². The lowest BCUT2D eigenvalue weighted by Gasteiger charge is -2.31. The second kappa shape index (κ2) is 5.86. The van der Waals surface area contributed by atoms with Gasteiger partial charge in [-0.15, -0.1) is 0 Å². The topological polar surface area (TPSA) is 29.3 Å². The minimum absolute atomic E-state index is 0.450. The second-order valence-corrected chi connectivity index (χ2v) is 6.07. The van der Waals surface area contributed by atoms with Crippen molar-refractivity contribution < 1.29 is 0 Å². The minimum Gasteiger partial charge on any atom is -0.329 e. The molecule has 0 aliphatic heterocycles. The van der Waals surface area contributed by atoms with Gasteiger partial charge < -0.3 is 5.73 Å². The Hall–Kier alpha value is -0.0800. The van der Waals surface area contributed by atoms with E-state index >= 15 is 0 Å². The average molecular weight is 212 g/mol. The zero-order valence-corrected chi connectivity index (χ0v) is 10.8. The third-order valence-corrected chi connectivity index (χ3v) is 3.41. The molecule has 1 fully saturated rings. The largest absolute Gasteiger partial charge is 0.329 e. The van der Waals surface area contributed by atoms with E-state index < -0.39 is 0 Å². The highest BCUT2D eigenvalue weighted by atomic mass is 15.2. The van der Waals surface area contributed by atoms with E-state index in [4.69, 9.17) is 5.73 Å². The zero-order chi connectivity index (χ0) is 11.3. The standard InChI is InChI=1S/C13H28N2/c1-13(2,3)8-10-15(11-9-14)12-6-4-5-7-12/h12H,4-11,14H2,1-3H3. The molecule has 2 heteroatoms. The van der Waals surface area contributed by atoms with Gasteiger partial charge >= 0.3 is 0 Å². The SMILES string of the molecule is CC(C)(C)CCN(CCN)C1CCCC1. The summed E-state index contributed by atoms with van der Waals surface area (Å²) >= 11 is 0. The first-order valence-corrected chi connectivity index (χ1v) is 6.47. The Balaban J connectivity index is 2.35. The average Bonchev–Trinajstić information content (AvgIpc) is 2.63. The summed E-state index contributed by atoms with van der Waals surface area (Å²) in [6, 6.07) is 0.830. The molecule has 0 atom stereocenters. The summed E-state index contributed by atoms with van der Waals surface area (Å²) in [4.78, 5) is 2.62. The molecule has 2 nitrogen and oxygen atoms in total. The predicted molar refractivity (Wildman–Crippen MR) is 67.0 cm³/mol. The number of nitrogens with two attached hydrogens (primary N) is 1. The Kier molecular flexibility index (Phi) is 5.07. The maximum absolute atomic E-state index is 5.69. The van der Waals surface area contributed by atoms with E-state index in [1.54, 1.807) is 0 Å². The normalized spacial score (nSPS) is 19.0. The van der Waals surface area contributed by atoms with Crippen molar-refractivity contribution in [3.63, 3.8) is 0 Å². The minimum atomic E-state index is 0.450. The van der Waals surface area contributed by atoms with Crippen LogP contribution < -0.4 is 5.73 Å². The van der Waals surface area contributed by atoms with Crippen molar-refractivity contribution in [2.45, 2.75) is 58.9 Å². The second-order valence-electron chi connectivity index (χ2n) is 6.07. The molecule has 0 amide bonds. The first kappa shape index (κ1) is 13.0. The van der Waals surface area contributed by atoms with Gasteiger partial charge in [-0.25, -0.2) is 0 Å². The highest BCUT2D eigenvalue weighted by Crippen LogP contribution is 2.25. The van der Waals surface area contributed by atoms with Gasteiger partial charge in [-0.05, 0) is 31.2 Å². The van der Waals surface area contributed by atoms with E-state index in [0.717, 1.165) is 19.1 Å². The fourth-order valence-corrected chi connectivity index (χ4v) is 2.39. The summed E-state index contributed by atoms with van der Waals surface area (Å²) in [5.41, 5.74) is 6.14. The predicted octanol–water partition coefficient (Wildman–Crippen LogP) is 2.63. The van der Waals surface area contributed by atoms with Gasteiger partial charge in [-0.3, -0.25) is 4.90 Å². The first-order valence-electron chi connectivity index (χ1n) is 6.47. The van der Waals surface area contributed by atoms with E-state index in [9.17, 15) is 0 Å². The summed E-state index contributed by atoms with van der Waals surface area (Å²) in [6.07, 6.45) is 6.90. The van der Waals surface area contributed by atoms with Crippen LogP contribution in [0.1, 0.15) is 52.9 Å². The fraction of sp³-hybridized carbons (Fsp3) is 1.00. The molecule has 2 N–H and O–H groups in total. The lowest BCUT2D eigenvalue weighted by Crippen LogP contribution is -2.39. The highest BCUT2D eigenvalue weighted by molar-refractivity contribution is 4.78. The van der Waals surface area contributed by atoms with Crippen LogP contribution in [0.3, 0.4) is 0 Å². The summed E-state index contributed by atoms with van der Waals surface area (Å²) < 4.78 is 0. The van der Waals surface area contributed by atoms with Crippen molar-refractivity contribution in [3.8, 4) is 0 Å². The van der Waals surface area contributed by atoms with E-state index in [1.165, 1.54) is 38.6 Å². The van der Waals surface area contributed by atoms with Crippen molar-refractivity contribution in [2.24, 2.45) is 11.1 Å². The number of rotatable bonds is 5. The quantitative estimate of drug-likeness (QED) is 0.759. The summed E-state index contributed by atoms with van der Waals surface area (Å²) in [5, 5.41) is 0. The zero-order valence-electron chi connectivity index (χ0n) is 10.8. The molecule has 15 heavy (non-hydrogen) atoms. The number of hydrogen-bond donors (Lipinski definition) is 1. The Morgan fingerprint density at radius 1 is 1.13 bits per heavy atom. The van der Waals surface area contributed by atoms with Gasteiger partial charge in [0.1, 0.15) is 0 Å². The monoisotopic (exact) mass is 212 g/mol. The maximum atomic E-state index is 5.69. The Labute approximate surface area is 95.2 Å². The molecule has 0 radical (unpaired) electrons. The van der Waals surface area contributed by atoms with Crippen LogP contribution >= 0.6 is 0 Å². The Bertz CT molecular complexity index is 166. The van der Waals surface area contributed by atoms with Crippen molar-refractivity contribution in [2.75, 3.05) is 19.6 Å². The molecule has 90 valence electrons. The lowest BCUT2D eigenvalue weighted by molar-refractivity contribution is 0.175. The van der Waals surface area contributed by atoms with Crippen molar-refractivity contribution in [1.82, 2.24) is 4.90 Å². The van der Waals surface area contributed by atoms with Crippen LogP contribution in [0.2, 0.25) is 0 Å². The van der Waals surface area contributed by atoms with E-state index in [1.807, 2.05) is 0 Å². The molecule has 0 aromatic carbocycles. The van der Waals surface area contributed by atoms with Crippen LogP contribution in [-0.4, -0.2) is 30.6 Å². The number of nitrogens with zero attached hydrogens (tertiary/aromatic N) is 1. The first-order chi connectivity index (χ1) is 7.03. The summed E-state index contributed by atoms with van der Waals surface area (Å²) in [6.45, 7) is 10.1. The van der Waals surface area contributed by atoms with Gasteiger partial charge in [-0.1, -0.05) is 33.6 Å². The molecule has 0 saturated heterocycles. The van der Waals surface area contributed by atoms with Gasteiger partial charge in [0.05, 0.1) is 0 Å². The van der Waals surface area contributed by atoms with Crippen molar-refractivity contribution in [3.05, 3.63) is 0 Å². The molecule has 1 rings (SSSR count). The van der Waals surface area contributed by atoms with E-state index in [2.05, 4.69) is 25.7 Å². The Morgan fingerprint density at radius 3 is 2.20 bits per heavy atom. The van der Waals surface area contributed by atoms with Crippen LogP contribution in [0, 0.1) is 5.41 Å². The number of hydrogen-bond acceptors (Lipinski definition) is 2. The molecular weight excluding hydrogens is 184 g/mol. The van der Waals surface area contributed by atoms with E-state index in [0.29, 0.717) is 5.41 Å². The molecule has 0 aromatic heterocycles. The Morgan fingerprint density at radius 2 is 1.73 bits per heavy atom. The molecule has 0 aromatic rings. The molecular formula is C13H28N2. The molecule has 1 aliphatic rings. The van der Waals surface area contributed by atoms with E-state index in [-0.39, 0.29) is 0 Å². The molecule has 1 aliphatic carbocycles. The van der Waals surface area contributed by atoms with Crippen molar-refractivity contribution in [1.29, 1.82) is 0 Å². The summed E-state index contributed by atoms with van der Waals surface area (Å²) in [7, 11) is 0. The molecule has 0 bridgehead atoms. The molecule has 0 heterocycles. The molecule has 0 spiro atoms. The molecule has 1 saturated carbocycles. The lowest BCUT2D eigenvalue weighted by atomic mass is 9.92. The summed E-state index contributed by atoms with van der Waals surface area (Å²) in [5.74, 6) is 0. The van der Waals surface area contributed by atoms with Gasteiger partial charge in [0.2, 0.25) is 0 Å². The van der Waals surface area contributed by atoms with Crippen LogP contribution in [0.4, 0.5) is 0 Å².